The lowest BCUT2D eigenvalue weighted by atomic mass is 10.3. The van der Waals surface area contributed by atoms with E-state index in [9.17, 15) is 4.91 Å². The molecule has 0 saturated carbocycles. The fraction of sp³-hybridized carbons (Fsp3) is 0.750. The minimum atomic E-state index is 0.0822. The third kappa shape index (κ3) is 7.01. The van der Waals surface area contributed by atoms with Gasteiger partial charge in [-0.05, 0) is 13.8 Å². The summed E-state index contributed by atoms with van der Waals surface area (Å²) < 4.78 is 5.21. The van der Waals surface area contributed by atoms with Crippen LogP contribution in [0.5, 0.6) is 0 Å². The molecule has 62 valence electrons. The van der Waals surface area contributed by atoms with Crippen LogP contribution in [0.15, 0.2) is 5.18 Å². The lowest BCUT2D eigenvalue weighted by Gasteiger charge is -2.05. The first-order valence-electron chi connectivity index (χ1n) is 3.67. The SMILES string of the molecule is CCO[C@@H](C)CC#CCN=O. The Morgan fingerprint density at radius 3 is 2.82 bits per heavy atom. The quantitative estimate of drug-likeness (QED) is 0.456. The molecule has 0 aliphatic heterocycles. The van der Waals surface area contributed by atoms with Gasteiger partial charge in [-0.25, -0.2) is 0 Å². The highest BCUT2D eigenvalue weighted by Gasteiger charge is 1.95. The van der Waals surface area contributed by atoms with E-state index in [2.05, 4.69) is 17.0 Å². The molecule has 0 radical (unpaired) electrons. The molecule has 0 bridgehead atoms. The van der Waals surface area contributed by atoms with Crippen LogP contribution < -0.4 is 0 Å². The first kappa shape index (κ1) is 10.1. The molecule has 0 aromatic heterocycles. The fourth-order valence-electron chi connectivity index (χ4n) is 0.648. The summed E-state index contributed by atoms with van der Waals surface area (Å²) in [5.41, 5.74) is 0. The van der Waals surface area contributed by atoms with Crippen LogP contribution >= 0.6 is 0 Å². The summed E-state index contributed by atoms with van der Waals surface area (Å²) in [5.74, 6) is 5.42. The van der Waals surface area contributed by atoms with E-state index in [-0.39, 0.29) is 12.6 Å². The maximum absolute atomic E-state index is 9.59. The summed E-state index contributed by atoms with van der Waals surface area (Å²) in [6, 6.07) is 0. The largest absolute Gasteiger partial charge is 0.378 e. The van der Waals surface area contributed by atoms with Crippen LogP contribution in [-0.2, 0) is 4.74 Å². The molecule has 0 aromatic carbocycles. The van der Waals surface area contributed by atoms with Crippen molar-refractivity contribution in [3.63, 3.8) is 0 Å². The Morgan fingerprint density at radius 2 is 2.27 bits per heavy atom. The smallest absolute Gasteiger partial charge is 0.142 e. The van der Waals surface area contributed by atoms with Gasteiger partial charge in [-0.1, -0.05) is 17.0 Å². The standard InChI is InChI=1S/C8H13NO2/c1-3-11-8(2)6-4-5-7-9-10/h8H,3,6-7H2,1-2H3/t8-/m0/s1. The van der Waals surface area contributed by atoms with Crippen molar-refractivity contribution >= 4 is 0 Å². The highest BCUT2D eigenvalue weighted by molar-refractivity contribution is 5.01. The summed E-state index contributed by atoms with van der Waals surface area (Å²) in [4.78, 5) is 9.59. The van der Waals surface area contributed by atoms with Gasteiger partial charge in [-0.3, -0.25) is 0 Å². The first-order chi connectivity index (χ1) is 5.31. The van der Waals surface area contributed by atoms with E-state index in [1.54, 1.807) is 0 Å². The van der Waals surface area contributed by atoms with Crippen LogP contribution in [0.4, 0.5) is 0 Å². The Bertz CT molecular complexity index is 157. The third-order valence-corrected chi connectivity index (χ3v) is 1.11. The van der Waals surface area contributed by atoms with Crippen molar-refractivity contribution in [3.8, 4) is 11.8 Å². The molecule has 3 heteroatoms. The molecule has 1 atom stereocenters. The summed E-state index contributed by atoms with van der Waals surface area (Å²) in [6.45, 7) is 4.68. The van der Waals surface area contributed by atoms with E-state index < -0.39 is 0 Å². The lowest BCUT2D eigenvalue weighted by molar-refractivity contribution is 0.0802. The van der Waals surface area contributed by atoms with E-state index in [0.717, 1.165) is 0 Å². The van der Waals surface area contributed by atoms with Crippen molar-refractivity contribution in [2.75, 3.05) is 13.2 Å². The van der Waals surface area contributed by atoms with E-state index in [0.29, 0.717) is 13.0 Å². The zero-order valence-electron chi connectivity index (χ0n) is 6.96. The van der Waals surface area contributed by atoms with Crippen LogP contribution in [0.25, 0.3) is 0 Å². The highest BCUT2D eigenvalue weighted by Crippen LogP contribution is 1.94. The summed E-state index contributed by atoms with van der Waals surface area (Å²) >= 11 is 0. The lowest BCUT2D eigenvalue weighted by Crippen LogP contribution is -2.05. The van der Waals surface area contributed by atoms with Gasteiger partial charge in [0, 0.05) is 13.0 Å². The van der Waals surface area contributed by atoms with E-state index in [1.807, 2.05) is 13.8 Å². The zero-order valence-corrected chi connectivity index (χ0v) is 6.96. The normalized spacial score (nSPS) is 11.5. The van der Waals surface area contributed by atoms with Crippen LogP contribution in [0, 0.1) is 16.7 Å². The number of hydrogen-bond acceptors (Lipinski definition) is 3. The van der Waals surface area contributed by atoms with E-state index in [4.69, 9.17) is 4.74 Å². The minimum Gasteiger partial charge on any atom is -0.378 e. The molecule has 0 spiro atoms. The highest BCUT2D eigenvalue weighted by atomic mass is 16.5. The maximum atomic E-state index is 9.59. The van der Waals surface area contributed by atoms with Gasteiger partial charge in [0.2, 0.25) is 0 Å². The predicted molar refractivity (Wildman–Crippen MR) is 44.1 cm³/mol. The molecule has 0 unspecified atom stereocenters. The summed E-state index contributed by atoms with van der Waals surface area (Å²) in [7, 11) is 0. The van der Waals surface area contributed by atoms with Crippen molar-refractivity contribution < 1.29 is 4.74 Å². The molecular formula is C8H13NO2. The maximum Gasteiger partial charge on any atom is 0.142 e. The molecule has 0 amide bonds. The second kappa shape index (κ2) is 7.23. The minimum absolute atomic E-state index is 0.0822. The molecule has 0 aliphatic carbocycles. The van der Waals surface area contributed by atoms with Crippen molar-refractivity contribution in [2.45, 2.75) is 26.4 Å². The number of rotatable bonds is 4. The first-order valence-corrected chi connectivity index (χ1v) is 3.67. The third-order valence-electron chi connectivity index (χ3n) is 1.11. The van der Waals surface area contributed by atoms with Crippen molar-refractivity contribution in [3.05, 3.63) is 4.91 Å². The Hall–Kier alpha value is -0.880. The van der Waals surface area contributed by atoms with Crippen LogP contribution in [0.2, 0.25) is 0 Å². The van der Waals surface area contributed by atoms with Gasteiger partial charge >= 0.3 is 0 Å². The van der Waals surface area contributed by atoms with Gasteiger partial charge in [0.05, 0.1) is 6.10 Å². The Balaban J connectivity index is 3.37. The fourth-order valence-corrected chi connectivity index (χ4v) is 0.648. The topological polar surface area (TPSA) is 38.7 Å². The molecule has 0 aliphatic rings. The molecule has 0 heterocycles. The Labute approximate surface area is 67.1 Å². The zero-order chi connectivity index (χ0) is 8.53. The second-order valence-corrected chi connectivity index (χ2v) is 2.11. The molecule has 11 heavy (non-hydrogen) atoms. The van der Waals surface area contributed by atoms with Gasteiger partial charge in [-0.2, -0.15) is 0 Å². The van der Waals surface area contributed by atoms with Gasteiger partial charge in [0.15, 0.2) is 0 Å². The molecule has 0 rings (SSSR count). The second-order valence-electron chi connectivity index (χ2n) is 2.11. The number of hydrogen-bond donors (Lipinski definition) is 0. The van der Waals surface area contributed by atoms with Crippen molar-refractivity contribution in [1.29, 1.82) is 0 Å². The molecule has 0 N–H and O–H groups in total. The number of nitrogens with zero attached hydrogens (tertiary/aromatic N) is 1. The average molecular weight is 155 g/mol. The average Bonchev–Trinajstić information content (AvgIpc) is 1.99. The van der Waals surface area contributed by atoms with Crippen LogP contribution in [0.1, 0.15) is 20.3 Å². The predicted octanol–water partition coefficient (Wildman–Crippen LogP) is 1.57. The van der Waals surface area contributed by atoms with E-state index >= 15 is 0 Å². The Kier molecular flexibility index (Phi) is 6.65. The molecule has 0 fully saturated rings. The summed E-state index contributed by atoms with van der Waals surface area (Å²) in [6.07, 6.45) is 0.822. The molecular weight excluding hydrogens is 142 g/mol. The van der Waals surface area contributed by atoms with Crippen LogP contribution in [-0.4, -0.2) is 19.3 Å². The van der Waals surface area contributed by atoms with Gasteiger partial charge in [-0.15, -0.1) is 4.91 Å². The van der Waals surface area contributed by atoms with Gasteiger partial charge < -0.3 is 4.74 Å². The van der Waals surface area contributed by atoms with Gasteiger partial charge in [0.25, 0.3) is 0 Å². The molecule has 0 aromatic rings. The van der Waals surface area contributed by atoms with Crippen molar-refractivity contribution in [2.24, 2.45) is 5.18 Å². The number of nitroso groups, excluding NO2 is 1. The van der Waals surface area contributed by atoms with E-state index in [1.165, 1.54) is 0 Å². The molecule has 3 nitrogen and oxygen atoms in total. The Morgan fingerprint density at radius 1 is 1.55 bits per heavy atom. The number of ether oxygens (including phenoxy) is 1. The van der Waals surface area contributed by atoms with Gasteiger partial charge in [0.1, 0.15) is 6.54 Å². The monoisotopic (exact) mass is 155 g/mol. The van der Waals surface area contributed by atoms with Crippen molar-refractivity contribution in [1.82, 2.24) is 0 Å². The molecule has 0 saturated heterocycles. The van der Waals surface area contributed by atoms with Crippen LogP contribution in [0.3, 0.4) is 0 Å². The summed E-state index contributed by atoms with van der Waals surface area (Å²) in [5, 5.41) is 2.61.